The van der Waals surface area contributed by atoms with Gasteiger partial charge in [0.05, 0.1) is 17.8 Å². The molecule has 28 heavy (non-hydrogen) atoms. The number of rotatable bonds is 4. The molecule has 2 atom stereocenters. The highest BCUT2D eigenvalue weighted by molar-refractivity contribution is 5.84. The second-order valence-corrected chi connectivity index (χ2v) is 7.55. The Kier molecular flexibility index (Phi) is 5.26. The van der Waals surface area contributed by atoms with Crippen molar-refractivity contribution in [3.63, 3.8) is 0 Å². The number of likely N-dealkylation sites (tertiary alicyclic amines) is 1. The smallest absolute Gasteiger partial charge is 0.240 e. The van der Waals surface area contributed by atoms with Gasteiger partial charge in [-0.25, -0.2) is 9.37 Å². The molecule has 1 aromatic carbocycles. The van der Waals surface area contributed by atoms with Crippen molar-refractivity contribution in [2.24, 2.45) is 0 Å². The molecule has 0 aliphatic carbocycles. The number of aromatic nitrogens is 2. The molecule has 2 saturated heterocycles. The van der Waals surface area contributed by atoms with Gasteiger partial charge in [0, 0.05) is 45.1 Å². The minimum absolute atomic E-state index is 0.0402. The number of aryl methyl sites for hydroxylation is 1. The van der Waals surface area contributed by atoms with Crippen LogP contribution in [0.3, 0.4) is 0 Å². The van der Waals surface area contributed by atoms with E-state index in [2.05, 4.69) is 19.8 Å². The molecule has 2 aliphatic heterocycles. The van der Waals surface area contributed by atoms with Crippen LogP contribution in [0.25, 0.3) is 0 Å². The largest absolute Gasteiger partial charge is 0.353 e. The quantitative estimate of drug-likeness (QED) is 0.812. The first-order valence-electron chi connectivity index (χ1n) is 9.87. The molecule has 0 N–H and O–H groups in total. The van der Waals surface area contributed by atoms with Crippen molar-refractivity contribution < 1.29 is 9.18 Å². The highest BCUT2D eigenvalue weighted by Crippen LogP contribution is 2.29. The summed E-state index contributed by atoms with van der Waals surface area (Å²) < 4.78 is 13.2. The van der Waals surface area contributed by atoms with Gasteiger partial charge in [-0.1, -0.05) is 12.1 Å². The van der Waals surface area contributed by atoms with Crippen LogP contribution < -0.4 is 4.90 Å². The lowest BCUT2D eigenvalue weighted by molar-refractivity contribution is -0.134. The molecule has 148 valence electrons. The van der Waals surface area contributed by atoms with Gasteiger partial charge in [0.1, 0.15) is 11.6 Å². The number of halogens is 1. The van der Waals surface area contributed by atoms with Crippen molar-refractivity contribution in [1.29, 1.82) is 0 Å². The summed E-state index contributed by atoms with van der Waals surface area (Å²) >= 11 is 0. The van der Waals surface area contributed by atoms with Crippen molar-refractivity contribution in [2.75, 3.05) is 37.6 Å². The predicted molar refractivity (Wildman–Crippen MR) is 105 cm³/mol. The Morgan fingerprint density at radius 3 is 2.39 bits per heavy atom. The summed E-state index contributed by atoms with van der Waals surface area (Å²) in [5, 5.41) is 0. The Hall–Kier alpha value is -2.54. The number of anilines is 1. The highest BCUT2D eigenvalue weighted by atomic mass is 19.1. The zero-order chi connectivity index (χ0) is 19.7. The van der Waals surface area contributed by atoms with Gasteiger partial charge >= 0.3 is 0 Å². The van der Waals surface area contributed by atoms with Crippen molar-refractivity contribution in [1.82, 2.24) is 19.8 Å². The molecule has 2 unspecified atom stereocenters. The number of piperazine rings is 1. The van der Waals surface area contributed by atoms with E-state index in [1.54, 1.807) is 24.5 Å². The maximum atomic E-state index is 13.2. The summed E-state index contributed by atoms with van der Waals surface area (Å²) in [4.78, 5) is 28.3. The molecule has 6 nitrogen and oxygen atoms in total. The molecule has 0 spiro atoms. The molecule has 3 heterocycles. The van der Waals surface area contributed by atoms with E-state index in [4.69, 9.17) is 0 Å². The first-order chi connectivity index (χ1) is 13.5. The van der Waals surface area contributed by atoms with Crippen LogP contribution in [0.1, 0.15) is 30.6 Å². The molecule has 0 saturated carbocycles. The fourth-order valence-electron chi connectivity index (χ4n) is 4.29. The summed E-state index contributed by atoms with van der Waals surface area (Å²) in [6.45, 7) is 8.10. The average Bonchev–Trinajstić information content (AvgIpc) is 3.10. The molecule has 4 rings (SSSR count). The van der Waals surface area contributed by atoms with Crippen LogP contribution in [0, 0.1) is 12.7 Å². The van der Waals surface area contributed by atoms with Gasteiger partial charge in [-0.2, -0.15) is 0 Å². The summed E-state index contributed by atoms with van der Waals surface area (Å²) in [5.41, 5.74) is 1.91. The molecule has 1 amide bonds. The molecule has 2 fully saturated rings. The third-order valence-corrected chi connectivity index (χ3v) is 5.94. The first kappa shape index (κ1) is 18.8. The van der Waals surface area contributed by atoms with E-state index in [0.717, 1.165) is 56.2 Å². The maximum absolute atomic E-state index is 13.2. The van der Waals surface area contributed by atoms with Crippen molar-refractivity contribution >= 4 is 11.7 Å². The third-order valence-electron chi connectivity index (χ3n) is 5.94. The molecule has 2 aromatic rings. The predicted octanol–water partition coefficient (Wildman–Crippen LogP) is 2.41. The maximum Gasteiger partial charge on any atom is 0.240 e. The van der Waals surface area contributed by atoms with Crippen LogP contribution in [0.15, 0.2) is 36.7 Å². The number of carbonyl (C=O) groups excluding carboxylic acids is 1. The standard InChI is InChI=1S/C21H26FN5O/c1-15-20(24-9-8-23-15)26-13-11-25(12-14-26)19-7-10-27(21(19)28)16(2)17-3-5-18(22)6-4-17/h3-6,8-9,16,19H,7,10-14H2,1-2H3. The number of nitrogens with zero attached hydrogens (tertiary/aromatic N) is 5. The van der Waals surface area contributed by atoms with Crippen molar-refractivity contribution in [3.8, 4) is 0 Å². The van der Waals surface area contributed by atoms with Gasteiger partial charge in [0.25, 0.3) is 0 Å². The fourth-order valence-corrected chi connectivity index (χ4v) is 4.29. The van der Waals surface area contributed by atoms with E-state index in [1.807, 2.05) is 18.7 Å². The second-order valence-electron chi connectivity index (χ2n) is 7.55. The normalized spacial score (nSPS) is 22.0. The molecule has 0 bridgehead atoms. The minimum Gasteiger partial charge on any atom is -0.353 e. The van der Waals surface area contributed by atoms with Gasteiger partial charge in [-0.3, -0.25) is 14.7 Å². The summed E-state index contributed by atoms with van der Waals surface area (Å²) in [7, 11) is 0. The van der Waals surface area contributed by atoms with E-state index in [9.17, 15) is 9.18 Å². The fraction of sp³-hybridized carbons (Fsp3) is 0.476. The zero-order valence-electron chi connectivity index (χ0n) is 16.4. The minimum atomic E-state index is -0.252. The zero-order valence-corrected chi connectivity index (χ0v) is 16.4. The van der Waals surface area contributed by atoms with E-state index >= 15 is 0 Å². The summed E-state index contributed by atoms with van der Waals surface area (Å²) in [6.07, 6.45) is 4.28. The summed E-state index contributed by atoms with van der Waals surface area (Å²) in [6, 6.07) is 6.34. The molecular weight excluding hydrogens is 357 g/mol. The van der Waals surface area contributed by atoms with E-state index in [0.29, 0.717) is 0 Å². The number of hydrogen-bond donors (Lipinski definition) is 0. The number of amides is 1. The lowest BCUT2D eigenvalue weighted by atomic mass is 10.1. The monoisotopic (exact) mass is 383 g/mol. The van der Waals surface area contributed by atoms with Crippen LogP contribution >= 0.6 is 0 Å². The van der Waals surface area contributed by atoms with Crippen LogP contribution in [-0.2, 0) is 4.79 Å². The average molecular weight is 383 g/mol. The molecule has 0 radical (unpaired) electrons. The highest BCUT2D eigenvalue weighted by Gasteiger charge is 2.39. The van der Waals surface area contributed by atoms with E-state index in [-0.39, 0.29) is 23.8 Å². The van der Waals surface area contributed by atoms with Crippen LogP contribution in [0.4, 0.5) is 10.2 Å². The first-order valence-corrected chi connectivity index (χ1v) is 9.87. The van der Waals surface area contributed by atoms with Crippen molar-refractivity contribution in [3.05, 3.63) is 53.7 Å². The molecule has 2 aliphatic rings. The molecule has 1 aromatic heterocycles. The molecular formula is C21H26FN5O. The van der Waals surface area contributed by atoms with Crippen molar-refractivity contribution in [2.45, 2.75) is 32.4 Å². The van der Waals surface area contributed by atoms with Gasteiger partial charge in [-0.05, 0) is 38.0 Å². The Morgan fingerprint density at radius 1 is 1.04 bits per heavy atom. The summed E-state index contributed by atoms with van der Waals surface area (Å²) in [5.74, 6) is 0.866. The van der Waals surface area contributed by atoms with Crippen LogP contribution in [0.5, 0.6) is 0 Å². The number of hydrogen-bond acceptors (Lipinski definition) is 5. The molecule has 7 heteroatoms. The number of carbonyl (C=O) groups is 1. The number of benzene rings is 1. The third kappa shape index (κ3) is 3.58. The Bertz CT molecular complexity index is 835. The van der Waals surface area contributed by atoms with Crippen LogP contribution in [-0.4, -0.2) is 64.4 Å². The Balaban J connectivity index is 1.38. The topological polar surface area (TPSA) is 52.6 Å². The van der Waals surface area contributed by atoms with Gasteiger partial charge in [-0.15, -0.1) is 0 Å². The van der Waals surface area contributed by atoms with E-state index < -0.39 is 0 Å². The Labute approximate surface area is 165 Å². The second kappa shape index (κ2) is 7.83. The lowest BCUT2D eigenvalue weighted by Crippen LogP contribution is -2.53. The van der Waals surface area contributed by atoms with Gasteiger partial charge in [0.2, 0.25) is 5.91 Å². The van der Waals surface area contributed by atoms with Gasteiger partial charge in [0.15, 0.2) is 0 Å². The SMILES string of the molecule is Cc1nccnc1N1CCN(C2CCN(C(C)c3ccc(F)cc3)C2=O)CC1. The van der Waals surface area contributed by atoms with Gasteiger partial charge < -0.3 is 9.80 Å². The van der Waals surface area contributed by atoms with Crippen LogP contribution in [0.2, 0.25) is 0 Å². The Morgan fingerprint density at radius 2 is 1.71 bits per heavy atom. The van der Waals surface area contributed by atoms with E-state index in [1.165, 1.54) is 12.1 Å². The lowest BCUT2D eigenvalue weighted by Gasteiger charge is -2.38.